The molecule has 2 rings (SSSR count). The molecule has 1 aliphatic rings. The second-order valence-electron chi connectivity index (χ2n) is 6.41. The molecule has 1 saturated heterocycles. The number of ether oxygens (including phenoxy) is 2. The molecule has 132 valence electrons. The van der Waals surface area contributed by atoms with Crippen molar-refractivity contribution in [3.8, 4) is 5.75 Å². The summed E-state index contributed by atoms with van der Waals surface area (Å²) in [5, 5.41) is 9.01. The Morgan fingerprint density at radius 2 is 2.12 bits per heavy atom. The van der Waals surface area contributed by atoms with Gasteiger partial charge in [-0.05, 0) is 30.0 Å². The van der Waals surface area contributed by atoms with E-state index in [1.54, 1.807) is 12.0 Å². The van der Waals surface area contributed by atoms with Crippen LogP contribution in [-0.4, -0.2) is 54.3 Å². The number of benzene rings is 1. The Kier molecular flexibility index (Phi) is 6.20. The van der Waals surface area contributed by atoms with Crippen LogP contribution >= 0.6 is 0 Å². The summed E-state index contributed by atoms with van der Waals surface area (Å²) in [4.78, 5) is 25.0. The van der Waals surface area contributed by atoms with Crippen molar-refractivity contribution in [3.05, 3.63) is 29.8 Å². The third-order valence-electron chi connectivity index (χ3n) is 4.33. The molecule has 0 radical (unpaired) electrons. The molecule has 6 heteroatoms. The zero-order valence-electron chi connectivity index (χ0n) is 14.4. The van der Waals surface area contributed by atoms with Crippen LogP contribution in [0.2, 0.25) is 0 Å². The molecular weight excluding hydrogens is 310 g/mol. The topological polar surface area (TPSA) is 76.1 Å². The zero-order valence-corrected chi connectivity index (χ0v) is 14.4. The molecule has 6 nitrogen and oxygen atoms in total. The number of hydrogen-bond donors (Lipinski definition) is 1. The summed E-state index contributed by atoms with van der Waals surface area (Å²) in [5.74, 6) is -0.104. The van der Waals surface area contributed by atoms with E-state index < -0.39 is 5.97 Å². The summed E-state index contributed by atoms with van der Waals surface area (Å²) in [6.45, 7) is 4.49. The molecule has 1 amide bonds. The molecule has 24 heavy (non-hydrogen) atoms. The number of hydrogen-bond acceptors (Lipinski definition) is 4. The number of carbonyl (C=O) groups is 2. The Morgan fingerprint density at radius 1 is 1.38 bits per heavy atom. The molecule has 2 atom stereocenters. The highest BCUT2D eigenvalue weighted by atomic mass is 16.5. The van der Waals surface area contributed by atoms with Gasteiger partial charge in [0.2, 0.25) is 0 Å². The van der Waals surface area contributed by atoms with E-state index in [0.717, 1.165) is 5.56 Å². The van der Waals surface area contributed by atoms with Crippen LogP contribution in [0.1, 0.15) is 38.2 Å². The van der Waals surface area contributed by atoms with Crippen LogP contribution < -0.4 is 4.74 Å². The Hall–Kier alpha value is -2.08. The molecule has 0 aliphatic carbocycles. The number of amides is 1. The fourth-order valence-electron chi connectivity index (χ4n) is 2.94. The van der Waals surface area contributed by atoms with Crippen molar-refractivity contribution >= 4 is 11.9 Å². The second-order valence-corrected chi connectivity index (χ2v) is 6.41. The van der Waals surface area contributed by atoms with Gasteiger partial charge in [0, 0.05) is 19.7 Å². The first kappa shape index (κ1) is 18.3. The van der Waals surface area contributed by atoms with Crippen molar-refractivity contribution < 1.29 is 24.2 Å². The minimum atomic E-state index is -0.917. The predicted molar refractivity (Wildman–Crippen MR) is 89.2 cm³/mol. The standard InChI is InChI=1S/C18H25NO5/c1-12(2)13-5-4-6-15(7-13)24-11-17(20)19-10-16(23-3)8-14(19)9-18(21)22/h4-7,12,14,16H,8-11H2,1-3H3,(H,21,22). The molecule has 1 heterocycles. The molecule has 1 fully saturated rings. The van der Waals surface area contributed by atoms with E-state index in [-0.39, 0.29) is 31.1 Å². The SMILES string of the molecule is COC1CC(CC(=O)O)N(C(=O)COc2cccc(C(C)C)c2)C1. The Labute approximate surface area is 142 Å². The summed E-state index contributed by atoms with van der Waals surface area (Å²) in [7, 11) is 1.57. The smallest absolute Gasteiger partial charge is 0.305 e. The zero-order chi connectivity index (χ0) is 17.7. The van der Waals surface area contributed by atoms with Crippen LogP contribution in [0.5, 0.6) is 5.75 Å². The number of aliphatic carboxylic acids is 1. The largest absolute Gasteiger partial charge is 0.484 e. The van der Waals surface area contributed by atoms with Crippen LogP contribution in [0.3, 0.4) is 0 Å². The van der Waals surface area contributed by atoms with Gasteiger partial charge < -0.3 is 19.5 Å². The molecule has 1 aliphatic heterocycles. The number of rotatable bonds is 7. The van der Waals surface area contributed by atoms with Crippen molar-refractivity contribution in [3.63, 3.8) is 0 Å². The van der Waals surface area contributed by atoms with E-state index in [9.17, 15) is 9.59 Å². The molecule has 1 aromatic carbocycles. The normalized spacial score (nSPS) is 20.4. The first-order valence-electron chi connectivity index (χ1n) is 8.17. The first-order valence-corrected chi connectivity index (χ1v) is 8.17. The molecule has 0 spiro atoms. The van der Waals surface area contributed by atoms with Crippen molar-refractivity contribution in [1.82, 2.24) is 4.90 Å². The van der Waals surface area contributed by atoms with Gasteiger partial charge in [-0.2, -0.15) is 0 Å². The molecule has 1 N–H and O–H groups in total. The summed E-state index contributed by atoms with van der Waals surface area (Å²) in [5.41, 5.74) is 1.14. The Morgan fingerprint density at radius 3 is 2.75 bits per heavy atom. The van der Waals surface area contributed by atoms with Gasteiger partial charge in [0.15, 0.2) is 6.61 Å². The van der Waals surface area contributed by atoms with E-state index in [0.29, 0.717) is 24.6 Å². The first-order chi connectivity index (χ1) is 11.4. The van der Waals surface area contributed by atoms with Gasteiger partial charge in [-0.15, -0.1) is 0 Å². The van der Waals surface area contributed by atoms with Gasteiger partial charge in [-0.1, -0.05) is 26.0 Å². The lowest BCUT2D eigenvalue weighted by Crippen LogP contribution is -2.40. The number of nitrogens with zero attached hydrogens (tertiary/aromatic N) is 1. The number of carboxylic acids is 1. The summed E-state index contributed by atoms with van der Waals surface area (Å²) >= 11 is 0. The summed E-state index contributed by atoms with van der Waals surface area (Å²) in [6, 6.07) is 7.32. The minimum Gasteiger partial charge on any atom is -0.484 e. The van der Waals surface area contributed by atoms with Gasteiger partial charge in [0.25, 0.3) is 5.91 Å². The molecule has 0 bridgehead atoms. The lowest BCUT2D eigenvalue weighted by atomic mass is 10.0. The lowest BCUT2D eigenvalue weighted by molar-refractivity contribution is -0.140. The van der Waals surface area contributed by atoms with E-state index in [1.165, 1.54) is 0 Å². The third kappa shape index (κ3) is 4.71. The maximum absolute atomic E-state index is 12.4. The molecule has 2 unspecified atom stereocenters. The van der Waals surface area contributed by atoms with Crippen LogP contribution in [0.4, 0.5) is 0 Å². The molecular formula is C18H25NO5. The fraction of sp³-hybridized carbons (Fsp3) is 0.556. The van der Waals surface area contributed by atoms with Crippen molar-refractivity contribution in [2.45, 2.75) is 44.8 Å². The second kappa shape index (κ2) is 8.15. The average Bonchev–Trinajstić information content (AvgIpc) is 2.95. The maximum atomic E-state index is 12.4. The van der Waals surface area contributed by atoms with Crippen LogP contribution in [0.15, 0.2) is 24.3 Å². The predicted octanol–water partition coefficient (Wildman–Crippen LogP) is 2.28. The van der Waals surface area contributed by atoms with Gasteiger partial charge in [-0.25, -0.2) is 0 Å². The average molecular weight is 335 g/mol. The number of methoxy groups -OCH3 is 1. The highest BCUT2D eigenvalue weighted by Gasteiger charge is 2.36. The third-order valence-corrected chi connectivity index (χ3v) is 4.33. The van der Waals surface area contributed by atoms with E-state index >= 15 is 0 Å². The molecule has 0 aromatic heterocycles. The number of carbonyl (C=O) groups excluding carboxylic acids is 1. The summed E-state index contributed by atoms with van der Waals surface area (Å²) in [6.07, 6.45) is 0.341. The van der Waals surface area contributed by atoms with Crippen LogP contribution in [-0.2, 0) is 14.3 Å². The van der Waals surface area contributed by atoms with Gasteiger partial charge in [-0.3, -0.25) is 9.59 Å². The molecule has 1 aromatic rings. The van der Waals surface area contributed by atoms with Crippen molar-refractivity contribution in [2.75, 3.05) is 20.3 Å². The van der Waals surface area contributed by atoms with E-state index in [2.05, 4.69) is 13.8 Å². The highest BCUT2D eigenvalue weighted by molar-refractivity contribution is 5.79. The van der Waals surface area contributed by atoms with Crippen LogP contribution in [0, 0.1) is 0 Å². The Bertz CT molecular complexity index is 587. The van der Waals surface area contributed by atoms with E-state index in [1.807, 2.05) is 24.3 Å². The van der Waals surface area contributed by atoms with Gasteiger partial charge in [0.05, 0.1) is 12.5 Å². The minimum absolute atomic E-state index is 0.0750. The highest BCUT2D eigenvalue weighted by Crippen LogP contribution is 2.24. The Balaban J connectivity index is 1.97. The lowest BCUT2D eigenvalue weighted by Gasteiger charge is -2.23. The van der Waals surface area contributed by atoms with Crippen molar-refractivity contribution in [2.24, 2.45) is 0 Å². The monoisotopic (exact) mass is 335 g/mol. The summed E-state index contributed by atoms with van der Waals surface area (Å²) < 4.78 is 10.9. The number of carboxylic acid groups (broad SMARTS) is 1. The maximum Gasteiger partial charge on any atom is 0.305 e. The molecule has 0 saturated carbocycles. The van der Waals surface area contributed by atoms with Crippen LogP contribution in [0.25, 0.3) is 0 Å². The van der Waals surface area contributed by atoms with Gasteiger partial charge in [0.1, 0.15) is 5.75 Å². The fourth-order valence-corrected chi connectivity index (χ4v) is 2.94. The number of likely N-dealkylation sites (tertiary alicyclic amines) is 1. The van der Waals surface area contributed by atoms with E-state index in [4.69, 9.17) is 14.6 Å². The van der Waals surface area contributed by atoms with Gasteiger partial charge >= 0.3 is 5.97 Å². The van der Waals surface area contributed by atoms with Crippen molar-refractivity contribution in [1.29, 1.82) is 0 Å². The quantitative estimate of drug-likeness (QED) is 0.827.